The fourth-order valence-corrected chi connectivity index (χ4v) is 3.38. The largest absolute Gasteiger partial charge is 0.497 e. The van der Waals surface area contributed by atoms with Crippen LogP contribution in [0.5, 0.6) is 5.75 Å². The third-order valence-corrected chi connectivity index (χ3v) is 5.48. The van der Waals surface area contributed by atoms with Crippen LogP contribution in [-0.2, 0) is 21.0 Å². The van der Waals surface area contributed by atoms with Gasteiger partial charge in [0, 0.05) is 12.6 Å². The smallest absolute Gasteiger partial charge is 0.313 e. The molecule has 9 heteroatoms. The van der Waals surface area contributed by atoms with Crippen molar-refractivity contribution in [3.63, 3.8) is 0 Å². The maximum atomic E-state index is 12.6. The molecule has 0 aromatic heterocycles. The number of hydrogen-bond acceptors (Lipinski definition) is 7. The second-order valence-corrected chi connectivity index (χ2v) is 7.78. The molecule has 0 fully saturated rings. The lowest BCUT2D eigenvalue weighted by atomic mass is 9.98. The van der Waals surface area contributed by atoms with E-state index in [1.165, 1.54) is 4.90 Å². The summed E-state index contributed by atoms with van der Waals surface area (Å²) in [4.78, 5) is 41.1. The second kappa shape index (κ2) is 11.1. The summed E-state index contributed by atoms with van der Waals surface area (Å²) in [5.41, 5.74) is 1.83. The Balaban J connectivity index is 1.51. The molecule has 0 aliphatic rings. The van der Waals surface area contributed by atoms with Gasteiger partial charge in [0.1, 0.15) is 19.0 Å². The molecule has 0 spiro atoms. The summed E-state index contributed by atoms with van der Waals surface area (Å²) in [6.07, 6.45) is 0. The number of fused-ring (bicyclic) bond motifs is 1. The SMILES string of the molecule is COc1ccc2cc([C@H](C)C(=O)OCCN(C)C(=O)c3ccc(CO[N+](=O)[O-])cc3)ccc2c1. The van der Waals surface area contributed by atoms with Crippen molar-refractivity contribution in [2.75, 3.05) is 27.3 Å². The van der Waals surface area contributed by atoms with E-state index in [2.05, 4.69) is 4.84 Å². The molecule has 178 valence electrons. The van der Waals surface area contributed by atoms with Gasteiger partial charge in [0.15, 0.2) is 0 Å². The van der Waals surface area contributed by atoms with Crippen LogP contribution in [0.25, 0.3) is 10.8 Å². The second-order valence-electron chi connectivity index (χ2n) is 7.78. The number of carbonyl (C=O) groups is 2. The van der Waals surface area contributed by atoms with Gasteiger partial charge in [0.05, 0.1) is 19.6 Å². The molecule has 0 heterocycles. The summed E-state index contributed by atoms with van der Waals surface area (Å²) in [5.74, 6) is -0.313. The lowest BCUT2D eigenvalue weighted by molar-refractivity contribution is -0.763. The molecule has 0 bridgehead atoms. The lowest BCUT2D eigenvalue weighted by Crippen LogP contribution is -2.31. The Morgan fingerprint density at radius 2 is 1.71 bits per heavy atom. The average Bonchev–Trinajstić information content (AvgIpc) is 2.85. The zero-order valence-corrected chi connectivity index (χ0v) is 19.2. The first-order valence-electron chi connectivity index (χ1n) is 10.6. The van der Waals surface area contributed by atoms with Crippen LogP contribution in [0, 0.1) is 10.1 Å². The van der Waals surface area contributed by atoms with Crippen LogP contribution in [0.2, 0.25) is 0 Å². The molecule has 3 aromatic carbocycles. The van der Waals surface area contributed by atoms with Crippen LogP contribution in [0.3, 0.4) is 0 Å². The highest BCUT2D eigenvalue weighted by molar-refractivity contribution is 5.94. The lowest BCUT2D eigenvalue weighted by Gasteiger charge is -2.18. The summed E-state index contributed by atoms with van der Waals surface area (Å²) in [6, 6.07) is 17.9. The topological polar surface area (TPSA) is 108 Å². The number of carbonyl (C=O) groups excluding carboxylic acids is 2. The van der Waals surface area contributed by atoms with E-state index in [4.69, 9.17) is 9.47 Å². The first kappa shape index (κ1) is 24.5. The average molecular weight is 466 g/mol. The Hall–Kier alpha value is -4.14. The van der Waals surface area contributed by atoms with Crippen LogP contribution < -0.4 is 4.74 Å². The van der Waals surface area contributed by atoms with E-state index in [1.54, 1.807) is 45.3 Å². The summed E-state index contributed by atoms with van der Waals surface area (Å²) in [5, 5.41) is 11.4. The molecule has 34 heavy (non-hydrogen) atoms. The maximum Gasteiger partial charge on any atom is 0.313 e. The minimum atomic E-state index is -0.869. The third kappa shape index (κ3) is 6.22. The summed E-state index contributed by atoms with van der Waals surface area (Å²) in [7, 11) is 3.23. The minimum absolute atomic E-state index is 0.0605. The molecule has 1 amide bonds. The number of amides is 1. The van der Waals surface area contributed by atoms with E-state index in [1.807, 2.05) is 36.4 Å². The summed E-state index contributed by atoms with van der Waals surface area (Å²) < 4.78 is 10.6. The molecular formula is C25H26N2O7. The predicted molar refractivity (Wildman–Crippen MR) is 125 cm³/mol. The minimum Gasteiger partial charge on any atom is -0.497 e. The highest BCUT2D eigenvalue weighted by Crippen LogP contribution is 2.25. The predicted octanol–water partition coefficient (Wildman–Crippen LogP) is 3.98. The third-order valence-electron chi connectivity index (χ3n) is 5.48. The monoisotopic (exact) mass is 466 g/mol. The Labute approximate surface area is 196 Å². The number of ether oxygens (including phenoxy) is 2. The molecule has 0 aliphatic carbocycles. The number of rotatable bonds is 10. The zero-order valence-electron chi connectivity index (χ0n) is 19.2. The Kier molecular flexibility index (Phi) is 8.02. The van der Waals surface area contributed by atoms with Gasteiger partial charge in [-0.25, -0.2) is 0 Å². The molecule has 0 N–H and O–H groups in total. The Bertz CT molecular complexity index is 1180. The molecule has 1 atom stereocenters. The van der Waals surface area contributed by atoms with Gasteiger partial charge < -0.3 is 19.2 Å². The highest BCUT2D eigenvalue weighted by atomic mass is 16.9. The van der Waals surface area contributed by atoms with Gasteiger partial charge in [0.25, 0.3) is 11.0 Å². The van der Waals surface area contributed by atoms with Gasteiger partial charge in [-0.1, -0.05) is 36.4 Å². The first-order valence-corrected chi connectivity index (χ1v) is 10.6. The number of esters is 1. The van der Waals surface area contributed by atoms with Crippen LogP contribution in [0.1, 0.15) is 34.3 Å². The van der Waals surface area contributed by atoms with Crippen molar-refractivity contribution < 1.29 is 29.0 Å². The van der Waals surface area contributed by atoms with E-state index in [9.17, 15) is 19.7 Å². The van der Waals surface area contributed by atoms with Crippen molar-refractivity contribution in [3.05, 3.63) is 87.5 Å². The Morgan fingerprint density at radius 3 is 2.38 bits per heavy atom. The molecule has 3 aromatic rings. The number of likely N-dealkylation sites (N-methyl/N-ethyl adjacent to an activating group) is 1. The zero-order chi connectivity index (χ0) is 24.7. The fraction of sp³-hybridized carbons (Fsp3) is 0.280. The van der Waals surface area contributed by atoms with Gasteiger partial charge in [-0.3, -0.25) is 9.59 Å². The van der Waals surface area contributed by atoms with Crippen molar-refractivity contribution in [3.8, 4) is 5.75 Å². The van der Waals surface area contributed by atoms with Crippen molar-refractivity contribution in [2.24, 2.45) is 0 Å². The summed E-state index contributed by atoms with van der Waals surface area (Å²) >= 11 is 0. The summed E-state index contributed by atoms with van der Waals surface area (Å²) in [6.45, 7) is 1.88. The van der Waals surface area contributed by atoms with Crippen molar-refractivity contribution in [1.82, 2.24) is 4.90 Å². The van der Waals surface area contributed by atoms with Gasteiger partial charge >= 0.3 is 5.97 Å². The van der Waals surface area contributed by atoms with E-state index in [0.717, 1.165) is 22.1 Å². The quantitative estimate of drug-likeness (QED) is 0.253. The van der Waals surface area contributed by atoms with Crippen LogP contribution in [0.4, 0.5) is 0 Å². The first-order chi connectivity index (χ1) is 16.3. The van der Waals surface area contributed by atoms with Crippen LogP contribution >= 0.6 is 0 Å². The van der Waals surface area contributed by atoms with Gasteiger partial charge in [-0.2, -0.15) is 0 Å². The number of benzene rings is 3. The van der Waals surface area contributed by atoms with Crippen molar-refractivity contribution in [2.45, 2.75) is 19.4 Å². The molecule has 0 saturated heterocycles. The molecule has 0 aliphatic heterocycles. The van der Waals surface area contributed by atoms with Gasteiger partial charge in [0.2, 0.25) is 0 Å². The standard InChI is InChI=1S/C25H26N2O7/c1-17(20-8-9-22-15-23(32-3)11-10-21(22)14-20)25(29)33-13-12-26(2)24(28)19-6-4-18(5-7-19)16-34-27(30)31/h4-11,14-15,17H,12-13,16H2,1-3H3/t17-/m0/s1. The van der Waals surface area contributed by atoms with E-state index >= 15 is 0 Å². The molecule has 3 rings (SSSR count). The maximum absolute atomic E-state index is 12.6. The highest BCUT2D eigenvalue weighted by Gasteiger charge is 2.18. The van der Waals surface area contributed by atoms with Crippen LogP contribution in [-0.4, -0.2) is 49.2 Å². The van der Waals surface area contributed by atoms with E-state index in [-0.39, 0.29) is 31.6 Å². The fourth-order valence-electron chi connectivity index (χ4n) is 3.38. The molecule has 9 nitrogen and oxygen atoms in total. The van der Waals surface area contributed by atoms with Gasteiger partial charge in [-0.15, -0.1) is 10.1 Å². The molecule has 0 radical (unpaired) electrons. The molecule has 0 saturated carbocycles. The molecule has 0 unspecified atom stereocenters. The molecular weight excluding hydrogens is 440 g/mol. The van der Waals surface area contributed by atoms with Crippen LogP contribution in [0.15, 0.2) is 60.7 Å². The van der Waals surface area contributed by atoms with Gasteiger partial charge in [-0.05, 0) is 53.1 Å². The Morgan fingerprint density at radius 1 is 1.03 bits per heavy atom. The van der Waals surface area contributed by atoms with Crippen molar-refractivity contribution >= 4 is 22.6 Å². The number of nitrogens with zero attached hydrogens (tertiary/aromatic N) is 2. The van der Waals surface area contributed by atoms with E-state index < -0.39 is 11.0 Å². The normalized spacial score (nSPS) is 11.5. The van der Waals surface area contributed by atoms with E-state index in [0.29, 0.717) is 11.1 Å². The number of hydrogen-bond donors (Lipinski definition) is 0. The van der Waals surface area contributed by atoms with Crippen molar-refractivity contribution in [1.29, 1.82) is 0 Å². The number of methoxy groups -OCH3 is 1.